The first-order chi connectivity index (χ1) is 14.0. The fourth-order valence-electron chi connectivity index (χ4n) is 5.07. The molecule has 0 aromatic heterocycles. The number of fused-ring (bicyclic) bond motifs is 5. The van der Waals surface area contributed by atoms with Gasteiger partial charge in [-0.2, -0.15) is 0 Å². The van der Waals surface area contributed by atoms with Crippen LogP contribution in [0.1, 0.15) is 35.3 Å². The number of hydrogen-bond donors (Lipinski definition) is 1. The summed E-state index contributed by atoms with van der Waals surface area (Å²) in [6.45, 7) is 2.35. The Labute approximate surface area is 168 Å². The van der Waals surface area contributed by atoms with Gasteiger partial charge in [0.15, 0.2) is 29.1 Å². The second kappa shape index (κ2) is 6.29. The summed E-state index contributed by atoms with van der Waals surface area (Å²) in [6.07, 6.45) is 0.862. The van der Waals surface area contributed by atoms with E-state index in [4.69, 9.17) is 18.9 Å². The van der Waals surface area contributed by atoms with Gasteiger partial charge in [0.25, 0.3) is 0 Å². The third-order valence-electron chi connectivity index (χ3n) is 6.38. The van der Waals surface area contributed by atoms with Crippen molar-refractivity contribution in [2.45, 2.75) is 31.4 Å². The fraction of sp³-hybridized carbons (Fsp3) is 0.409. The molecule has 2 aromatic rings. The van der Waals surface area contributed by atoms with Crippen molar-refractivity contribution in [2.75, 3.05) is 27.5 Å². The highest BCUT2D eigenvalue weighted by Gasteiger charge is 2.56. The zero-order valence-corrected chi connectivity index (χ0v) is 16.7. The van der Waals surface area contributed by atoms with Gasteiger partial charge >= 0.3 is 5.97 Å². The molecule has 0 saturated heterocycles. The summed E-state index contributed by atoms with van der Waals surface area (Å²) < 4.78 is 22.6. The molecule has 7 heteroatoms. The number of carbonyl (C=O) groups excluding carboxylic acids is 1. The third-order valence-corrected chi connectivity index (χ3v) is 6.38. The number of nitrogens with zero attached hydrogens (tertiary/aromatic N) is 1. The molecule has 2 aliphatic heterocycles. The number of methoxy groups -OCH3 is 1. The van der Waals surface area contributed by atoms with Crippen molar-refractivity contribution in [3.63, 3.8) is 0 Å². The van der Waals surface area contributed by atoms with Crippen LogP contribution in [0, 0.1) is 0 Å². The van der Waals surface area contributed by atoms with E-state index in [2.05, 4.69) is 4.90 Å². The van der Waals surface area contributed by atoms with Gasteiger partial charge in [-0.1, -0.05) is 6.07 Å². The number of benzene rings is 2. The first kappa shape index (κ1) is 18.1. The van der Waals surface area contributed by atoms with Crippen molar-refractivity contribution >= 4 is 5.97 Å². The number of carbonyl (C=O) groups is 1. The molecule has 0 amide bonds. The number of esters is 1. The lowest BCUT2D eigenvalue weighted by molar-refractivity contribution is -0.156. The van der Waals surface area contributed by atoms with E-state index in [1.807, 2.05) is 25.2 Å². The van der Waals surface area contributed by atoms with Gasteiger partial charge in [0.1, 0.15) is 0 Å². The molecule has 2 heterocycles. The standard InChI is InChI=1S/C22H23NO6/c1-12(24)29-21-19-14(4-5-17-20(19)28-11-27-17)10-22(21)15-9-16(25)18(26-3)8-13(15)6-7-23(22)2/h4-5,8-9,21,25H,6-7,10-11H2,1-3H3/t21-,22+/m1/s1. The Balaban J connectivity index is 1.76. The van der Waals surface area contributed by atoms with Gasteiger partial charge in [0.05, 0.1) is 12.6 Å². The molecular weight excluding hydrogens is 374 g/mol. The lowest BCUT2D eigenvalue weighted by Gasteiger charge is -2.47. The monoisotopic (exact) mass is 397 g/mol. The summed E-state index contributed by atoms with van der Waals surface area (Å²) in [7, 11) is 3.57. The van der Waals surface area contributed by atoms with Crippen LogP contribution in [0.2, 0.25) is 0 Å². The number of phenols is 1. The molecule has 0 radical (unpaired) electrons. The number of aromatic hydroxyl groups is 1. The van der Waals surface area contributed by atoms with Crippen molar-refractivity contribution in [3.05, 3.63) is 46.5 Å². The molecule has 3 aliphatic rings. The molecule has 152 valence electrons. The molecule has 7 nitrogen and oxygen atoms in total. The van der Waals surface area contributed by atoms with Gasteiger partial charge in [0, 0.05) is 19.0 Å². The highest BCUT2D eigenvalue weighted by Crippen LogP contribution is 2.59. The molecular formula is C22H23NO6. The zero-order chi connectivity index (χ0) is 20.3. The summed E-state index contributed by atoms with van der Waals surface area (Å²) in [5.41, 5.74) is 3.28. The van der Waals surface area contributed by atoms with E-state index in [-0.39, 0.29) is 18.5 Å². The van der Waals surface area contributed by atoms with Crippen LogP contribution in [0.15, 0.2) is 24.3 Å². The van der Waals surface area contributed by atoms with Crippen LogP contribution >= 0.6 is 0 Å². The van der Waals surface area contributed by atoms with Gasteiger partial charge in [-0.05, 0) is 54.8 Å². The second-order valence-corrected chi connectivity index (χ2v) is 7.82. The molecule has 2 aromatic carbocycles. The van der Waals surface area contributed by atoms with E-state index >= 15 is 0 Å². The van der Waals surface area contributed by atoms with Crippen molar-refractivity contribution in [1.29, 1.82) is 0 Å². The van der Waals surface area contributed by atoms with E-state index in [9.17, 15) is 9.90 Å². The molecule has 0 bridgehead atoms. The number of phenolic OH excluding ortho intramolecular Hbond substituents is 1. The topological polar surface area (TPSA) is 77.5 Å². The predicted octanol–water partition coefficient (Wildman–Crippen LogP) is 2.67. The third kappa shape index (κ3) is 2.43. The summed E-state index contributed by atoms with van der Waals surface area (Å²) in [4.78, 5) is 14.4. The first-order valence-corrected chi connectivity index (χ1v) is 9.66. The number of likely N-dealkylation sites (N-methyl/N-ethyl adjacent to an activating group) is 1. The lowest BCUT2D eigenvalue weighted by atomic mass is 9.76. The normalized spacial score (nSPS) is 24.3. The lowest BCUT2D eigenvalue weighted by Crippen LogP contribution is -2.52. The molecule has 2 atom stereocenters. The smallest absolute Gasteiger partial charge is 0.303 e. The SMILES string of the molecule is COc1cc2c(cc1O)[C@]1(Cc3ccc4c(c3[C@H]1OC(C)=O)OCO4)N(C)CC2. The maximum atomic E-state index is 12.1. The minimum Gasteiger partial charge on any atom is -0.504 e. The Morgan fingerprint density at radius 2 is 2.10 bits per heavy atom. The molecule has 29 heavy (non-hydrogen) atoms. The predicted molar refractivity (Wildman–Crippen MR) is 103 cm³/mol. The maximum Gasteiger partial charge on any atom is 0.303 e. The number of rotatable bonds is 2. The Kier molecular flexibility index (Phi) is 3.93. The largest absolute Gasteiger partial charge is 0.504 e. The van der Waals surface area contributed by atoms with E-state index in [0.29, 0.717) is 23.7 Å². The molecule has 5 rings (SSSR count). The van der Waals surface area contributed by atoms with Crippen LogP contribution < -0.4 is 14.2 Å². The van der Waals surface area contributed by atoms with Gasteiger partial charge in [-0.25, -0.2) is 0 Å². The van der Waals surface area contributed by atoms with E-state index in [1.165, 1.54) is 6.92 Å². The Bertz CT molecular complexity index is 1020. The van der Waals surface area contributed by atoms with Crippen molar-refractivity contribution in [3.8, 4) is 23.0 Å². The average Bonchev–Trinajstić information content (AvgIpc) is 3.28. The van der Waals surface area contributed by atoms with Crippen LogP contribution in [0.5, 0.6) is 23.0 Å². The first-order valence-electron chi connectivity index (χ1n) is 9.66. The molecule has 0 unspecified atom stereocenters. The van der Waals surface area contributed by atoms with Gasteiger partial charge in [-0.15, -0.1) is 0 Å². The van der Waals surface area contributed by atoms with Crippen molar-refractivity contribution in [2.24, 2.45) is 0 Å². The summed E-state index contributed by atoms with van der Waals surface area (Å²) in [6, 6.07) is 7.56. The minimum atomic E-state index is -0.646. The Morgan fingerprint density at radius 1 is 1.28 bits per heavy atom. The molecule has 0 fully saturated rings. The summed E-state index contributed by atoms with van der Waals surface area (Å²) in [5.74, 6) is 1.46. The highest BCUT2D eigenvalue weighted by molar-refractivity contribution is 5.69. The Hall–Kier alpha value is -2.93. The average molecular weight is 397 g/mol. The van der Waals surface area contributed by atoms with Crippen molar-refractivity contribution in [1.82, 2.24) is 4.90 Å². The van der Waals surface area contributed by atoms with E-state index in [1.54, 1.807) is 13.2 Å². The van der Waals surface area contributed by atoms with E-state index < -0.39 is 11.6 Å². The number of hydrogen-bond acceptors (Lipinski definition) is 7. The molecule has 0 saturated carbocycles. The van der Waals surface area contributed by atoms with Gasteiger partial charge < -0.3 is 24.1 Å². The molecule has 1 spiro atoms. The molecule has 1 N–H and O–H groups in total. The number of ether oxygens (including phenoxy) is 4. The minimum absolute atomic E-state index is 0.0725. The molecule has 1 aliphatic carbocycles. The van der Waals surface area contributed by atoms with Crippen LogP contribution in [-0.2, 0) is 27.9 Å². The summed E-state index contributed by atoms with van der Waals surface area (Å²) in [5, 5.41) is 10.5. The van der Waals surface area contributed by atoms with Crippen LogP contribution in [0.25, 0.3) is 0 Å². The van der Waals surface area contributed by atoms with Gasteiger partial charge in [0.2, 0.25) is 6.79 Å². The Morgan fingerprint density at radius 3 is 2.86 bits per heavy atom. The summed E-state index contributed by atoms with van der Waals surface area (Å²) >= 11 is 0. The van der Waals surface area contributed by atoms with Crippen LogP contribution in [-0.4, -0.2) is 43.5 Å². The quantitative estimate of drug-likeness (QED) is 0.781. The second-order valence-electron chi connectivity index (χ2n) is 7.82. The maximum absolute atomic E-state index is 12.1. The van der Waals surface area contributed by atoms with Crippen LogP contribution in [0.3, 0.4) is 0 Å². The van der Waals surface area contributed by atoms with Gasteiger partial charge in [-0.3, -0.25) is 9.69 Å². The van der Waals surface area contributed by atoms with Crippen molar-refractivity contribution < 1.29 is 28.8 Å². The van der Waals surface area contributed by atoms with E-state index in [0.717, 1.165) is 35.2 Å². The highest BCUT2D eigenvalue weighted by atomic mass is 16.7. The van der Waals surface area contributed by atoms with Crippen LogP contribution in [0.4, 0.5) is 0 Å². The zero-order valence-electron chi connectivity index (χ0n) is 16.7. The fourth-order valence-corrected chi connectivity index (χ4v) is 5.07.